The highest BCUT2D eigenvalue weighted by Crippen LogP contribution is 2.28. The molecule has 0 saturated carbocycles. The molecule has 0 fully saturated rings. The predicted molar refractivity (Wildman–Crippen MR) is 94.2 cm³/mol. The molecule has 0 aliphatic heterocycles. The summed E-state index contributed by atoms with van der Waals surface area (Å²) >= 11 is 0. The highest BCUT2D eigenvalue weighted by molar-refractivity contribution is 5.92. The maximum atomic E-state index is 13.8. The molecule has 118 valence electrons. The maximum Gasteiger partial charge on any atom is 0.156 e. The highest BCUT2D eigenvalue weighted by Gasteiger charge is 2.12. The summed E-state index contributed by atoms with van der Waals surface area (Å²) in [7, 11) is 0. The van der Waals surface area contributed by atoms with Crippen LogP contribution in [-0.2, 0) is 0 Å². The number of halogens is 1. The van der Waals surface area contributed by atoms with E-state index in [1.165, 1.54) is 11.6 Å². The molecular formula is C20H16FN3. The van der Waals surface area contributed by atoms with Crippen LogP contribution in [0.1, 0.15) is 11.1 Å². The van der Waals surface area contributed by atoms with Gasteiger partial charge in [0.2, 0.25) is 0 Å². The molecule has 0 atom stereocenters. The summed E-state index contributed by atoms with van der Waals surface area (Å²) in [5.41, 5.74) is 5.93. The first-order valence-corrected chi connectivity index (χ1v) is 7.80. The molecule has 0 saturated heterocycles. The largest absolute Gasteiger partial charge is 0.260 e. The van der Waals surface area contributed by atoms with Gasteiger partial charge in [-0.05, 0) is 37.6 Å². The van der Waals surface area contributed by atoms with E-state index >= 15 is 0 Å². The summed E-state index contributed by atoms with van der Waals surface area (Å²) < 4.78 is 13.8. The van der Waals surface area contributed by atoms with Crippen LogP contribution in [0.25, 0.3) is 33.5 Å². The number of H-pyrrole nitrogens is 1. The number of hydrogen-bond donors (Lipinski definition) is 1. The van der Waals surface area contributed by atoms with Crippen LogP contribution in [0.15, 0.2) is 54.6 Å². The van der Waals surface area contributed by atoms with Crippen LogP contribution >= 0.6 is 0 Å². The highest BCUT2D eigenvalue weighted by atomic mass is 19.1. The number of rotatable bonds is 2. The summed E-state index contributed by atoms with van der Waals surface area (Å²) in [5, 5.41) is 8.17. The lowest BCUT2D eigenvalue weighted by molar-refractivity contribution is 0.619. The molecule has 0 radical (unpaired) electrons. The van der Waals surface area contributed by atoms with Crippen molar-refractivity contribution in [2.75, 3.05) is 0 Å². The normalized spacial score (nSPS) is 11.1. The minimum Gasteiger partial charge on any atom is -0.260 e. The van der Waals surface area contributed by atoms with Crippen LogP contribution in [0.4, 0.5) is 4.39 Å². The minimum atomic E-state index is -0.229. The van der Waals surface area contributed by atoms with E-state index in [-0.39, 0.29) is 5.82 Å². The number of hydrogen-bond acceptors (Lipinski definition) is 2. The SMILES string of the molecule is Cc1ccc(-c2ccc3c(-c4ccc(C)c(F)c4)n[nH]c3n2)cc1. The topological polar surface area (TPSA) is 41.6 Å². The zero-order chi connectivity index (χ0) is 16.7. The monoisotopic (exact) mass is 317 g/mol. The fourth-order valence-corrected chi connectivity index (χ4v) is 2.75. The molecule has 4 heteroatoms. The second-order valence-electron chi connectivity index (χ2n) is 5.99. The first-order valence-electron chi connectivity index (χ1n) is 7.80. The summed E-state index contributed by atoms with van der Waals surface area (Å²) in [6.45, 7) is 3.81. The summed E-state index contributed by atoms with van der Waals surface area (Å²) in [5.74, 6) is -0.229. The molecule has 2 aromatic carbocycles. The molecule has 2 aromatic heterocycles. The molecule has 1 N–H and O–H groups in total. The van der Waals surface area contributed by atoms with Crippen molar-refractivity contribution < 1.29 is 4.39 Å². The molecule has 24 heavy (non-hydrogen) atoms. The molecular weight excluding hydrogens is 301 g/mol. The number of aromatic amines is 1. The summed E-state index contributed by atoms with van der Waals surface area (Å²) in [4.78, 5) is 4.65. The Morgan fingerprint density at radius 1 is 0.875 bits per heavy atom. The fraction of sp³-hybridized carbons (Fsp3) is 0.100. The molecule has 3 nitrogen and oxygen atoms in total. The van der Waals surface area contributed by atoms with Crippen molar-refractivity contribution in [2.45, 2.75) is 13.8 Å². The lowest BCUT2D eigenvalue weighted by Crippen LogP contribution is -1.86. The smallest absolute Gasteiger partial charge is 0.156 e. The van der Waals surface area contributed by atoms with Crippen molar-refractivity contribution in [3.63, 3.8) is 0 Å². The van der Waals surface area contributed by atoms with Crippen LogP contribution in [0.3, 0.4) is 0 Å². The van der Waals surface area contributed by atoms with Gasteiger partial charge in [0.15, 0.2) is 5.65 Å². The standard InChI is InChI=1S/C20H16FN3/c1-12-3-6-14(7-4-12)18-10-9-16-19(23-24-20(16)22-18)15-8-5-13(2)17(21)11-15/h3-11H,1-2H3,(H,22,23,24). The van der Waals surface area contributed by atoms with E-state index in [9.17, 15) is 4.39 Å². The number of fused-ring (bicyclic) bond motifs is 1. The molecule has 0 amide bonds. The van der Waals surface area contributed by atoms with E-state index in [1.807, 2.05) is 18.2 Å². The molecule has 0 aliphatic carbocycles. The number of nitrogens with zero attached hydrogens (tertiary/aromatic N) is 2. The maximum absolute atomic E-state index is 13.8. The zero-order valence-corrected chi connectivity index (χ0v) is 13.5. The Balaban J connectivity index is 1.80. The van der Waals surface area contributed by atoms with Gasteiger partial charge < -0.3 is 0 Å². The average Bonchev–Trinajstić information content (AvgIpc) is 3.01. The Morgan fingerprint density at radius 2 is 1.62 bits per heavy atom. The van der Waals surface area contributed by atoms with Crippen LogP contribution in [0.2, 0.25) is 0 Å². The van der Waals surface area contributed by atoms with E-state index in [2.05, 4.69) is 46.4 Å². The van der Waals surface area contributed by atoms with Crippen LogP contribution in [0, 0.1) is 19.7 Å². The van der Waals surface area contributed by atoms with E-state index in [0.717, 1.165) is 22.2 Å². The quantitative estimate of drug-likeness (QED) is 0.562. The Bertz CT molecular complexity index is 1030. The Labute approximate surface area is 139 Å². The van der Waals surface area contributed by atoms with E-state index in [1.54, 1.807) is 13.0 Å². The van der Waals surface area contributed by atoms with E-state index < -0.39 is 0 Å². The predicted octanol–water partition coefficient (Wildman–Crippen LogP) is 5.05. The average molecular weight is 317 g/mol. The van der Waals surface area contributed by atoms with Crippen molar-refractivity contribution in [1.82, 2.24) is 15.2 Å². The lowest BCUT2D eigenvalue weighted by atomic mass is 10.1. The first-order chi connectivity index (χ1) is 11.6. The van der Waals surface area contributed by atoms with Gasteiger partial charge in [0.05, 0.1) is 5.69 Å². The van der Waals surface area contributed by atoms with Gasteiger partial charge in [0, 0.05) is 16.5 Å². The molecule has 0 unspecified atom stereocenters. The van der Waals surface area contributed by atoms with Crippen molar-refractivity contribution in [3.8, 4) is 22.5 Å². The van der Waals surface area contributed by atoms with Crippen molar-refractivity contribution in [2.24, 2.45) is 0 Å². The van der Waals surface area contributed by atoms with Crippen molar-refractivity contribution >= 4 is 11.0 Å². The molecule has 0 spiro atoms. The summed E-state index contributed by atoms with van der Waals surface area (Å²) in [6.07, 6.45) is 0. The van der Waals surface area contributed by atoms with Gasteiger partial charge in [0.1, 0.15) is 11.5 Å². The third-order valence-electron chi connectivity index (χ3n) is 4.22. The number of benzene rings is 2. The second-order valence-corrected chi connectivity index (χ2v) is 5.99. The van der Waals surface area contributed by atoms with E-state index in [4.69, 9.17) is 0 Å². The van der Waals surface area contributed by atoms with Crippen LogP contribution in [0.5, 0.6) is 0 Å². The van der Waals surface area contributed by atoms with Crippen molar-refractivity contribution in [3.05, 3.63) is 71.5 Å². The van der Waals surface area contributed by atoms with Crippen LogP contribution < -0.4 is 0 Å². The van der Waals surface area contributed by atoms with Crippen LogP contribution in [-0.4, -0.2) is 15.2 Å². The number of pyridine rings is 1. The lowest BCUT2D eigenvalue weighted by Gasteiger charge is -2.03. The third-order valence-corrected chi connectivity index (χ3v) is 4.22. The van der Waals surface area contributed by atoms with Gasteiger partial charge in [-0.25, -0.2) is 9.37 Å². The Hall–Kier alpha value is -3.01. The molecule has 0 aliphatic rings. The molecule has 0 bridgehead atoms. The Kier molecular flexibility index (Phi) is 3.38. The third kappa shape index (κ3) is 2.46. The van der Waals surface area contributed by atoms with Gasteiger partial charge in [0.25, 0.3) is 0 Å². The summed E-state index contributed by atoms with van der Waals surface area (Å²) in [6, 6.07) is 17.3. The Morgan fingerprint density at radius 3 is 2.38 bits per heavy atom. The zero-order valence-electron chi connectivity index (χ0n) is 13.5. The molecule has 2 heterocycles. The van der Waals surface area contributed by atoms with Gasteiger partial charge >= 0.3 is 0 Å². The van der Waals surface area contributed by atoms with Gasteiger partial charge in [-0.2, -0.15) is 5.10 Å². The van der Waals surface area contributed by atoms with Gasteiger partial charge in [-0.3, -0.25) is 5.10 Å². The van der Waals surface area contributed by atoms with Gasteiger partial charge in [-0.15, -0.1) is 0 Å². The van der Waals surface area contributed by atoms with Gasteiger partial charge in [-0.1, -0.05) is 42.0 Å². The number of aryl methyl sites for hydroxylation is 2. The number of aromatic nitrogens is 3. The number of nitrogens with one attached hydrogen (secondary N) is 1. The minimum absolute atomic E-state index is 0.229. The molecule has 4 rings (SSSR count). The van der Waals surface area contributed by atoms with E-state index in [0.29, 0.717) is 16.9 Å². The molecule has 4 aromatic rings. The fourth-order valence-electron chi connectivity index (χ4n) is 2.75. The van der Waals surface area contributed by atoms with Crippen molar-refractivity contribution in [1.29, 1.82) is 0 Å². The second kappa shape index (κ2) is 5.57. The first kappa shape index (κ1) is 14.6.